The normalized spacial score (nSPS) is 9.94. The summed E-state index contributed by atoms with van der Waals surface area (Å²) in [5, 5.41) is 16.4. The van der Waals surface area contributed by atoms with Gasteiger partial charge in [-0.3, -0.25) is 4.68 Å². The van der Waals surface area contributed by atoms with Gasteiger partial charge in [-0.15, -0.1) is 0 Å². The topological polar surface area (TPSA) is 53.6 Å². The van der Waals surface area contributed by atoms with E-state index in [0.717, 1.165) is 15.9 Å². The molecule has 5 heteroatoms. The Morgan fingerprint density at radius 3 is 2.94 bits per heavy atom. The third kappa shape index (κ3) is 2.48. The number of nitrogens with zero attached hydrogens (tertiary/aromatic N) is 3. The quantitative estimate of drug-likeness (QED) is 0.946. The van der Waals surface area contributed by atoms with E-state index in [0.29, 0.717) is 12.1 Å². The van der Waals surface area contributed by atoms with E-state index in [1.165, 1.54) is 0 Å². The Kier molecular flexibility index (Phi) is 3.45. The van der Waals surface area contributed by atoms with Gasteiger partial charge in [-0.25, -0.2) is 0 Å². The van der Waals surface area contributed by atoms with Crippen LogP contribution in [0.1, 0.15) is 11.3 Å². The predicted octanol–water partition coefficient (Wildman–Crippen LogP) is 2.67. The number of aryl methyl sites for hydroxylation is 1. The van der Waals surface area contributed by atoms with Crippen LogP contribution in [0.3, 0.4) is 0 Å². The Morgan fingerprint density at radius 2 is 2.29 bits per heavy atom. The number of halogens is 1. The van der Waals surface area contributed by atoms with Crippen LogP contribution in [-0.2, 0) is 13.6 Å². The number of aromatic nitrogens is 2. The van der Waals surface area contributed by atoms with Crippen molar-refractivity contribution in [2.24, 2.45) is 7.05 Å². The maximum absolute atomic E-state index is 9.07. The van der Waals surface area contributed by atoms with Crippen LogP contribution in [0.15, 0.2) is 34.9 Å². The fraction of sp³-hybridized carbons (Fsp3) is 0.167. The fourth-order valence-corrected chi connectivity index (χ4v) is 2.00. The minimum atomic E-state index is 0.620. The lowest BCUT2D eigenvalue weighted by molar-refractivity contribution is 0.720. The fourth-order valence-electron chi connectivity index (χ4n) is 1.55. The van der Waals surface area contributed by atoms with Gasteiger partial charge in [0.2, 0.25) is 0 Å². The van der Waals surface area contributed by atoms with Crippen LogP contribution >= 0.6 is 15.9 Å². The zero-order chi connectivity index (χ0) is 12.3. The summed E-state index contributed by atoms with van der Waals surface area (Å²) in [6, 6.07) is 9.76. The third-order valence-corrected chi connectivity index (χ3v) is 3.17. The highest BCUT2D eigenvalue weighted by Gasteiger charge is 2.06. The van der Waals surface area contributed by atoms with E-state index in [-0.39, 0.29) is 0 Å². The van der Waals surface area contributed by atoms with Gasteiger partial charge in [0.25, 0.3) is 0 Å². The smallest absolute Gasteiger partial charge is 0.103 e. The molecule has 0 saturated carbocycles. The summed E-state index contributed by atoms with van der Waals surface area (Å²) in [6.45, 7) is 0.641. The van der Waals surface area contributed by atoms with Crippen molar-refractivity contribution in [1.82, 2.24) is 9.78 Å². The van der Waals surface area contributed by atoms with Crippen molar-refractivity contribution in [1.29, 1.82) is 5.26 Å². The SMILES string of the molecule is Cn1nccc1CNc1cccc(Br)c1C#N. The molecule has 0 aliphatic carbocycles. The minimum absolute atomic E-state index is 0.620. The molecule has 0 amide bonds. The first-order valence-corrected chi connectivity index (χ1v) is 5.91. The number of rotatable bonds is 3. The van der Waals surface area contributed by atoms with E-state index in [1.54, 1.807) is 10.9 Å². The second kappa shape index (κ2) is 5.02. The van der Waals surface area contributed by atoms with E-state index < -0.39 is 0 Å². The van der Waals surface area contributed by atoms with Crippen LogP contribution in [0.25, 0.3) is 0 Å². The second-order valence-corrected chi connectivity index (χ2v) is 4.43. The molecule has 0 radical (unpaired) electrons. The van der Waals surface area contributed by atoms with Gasteiger partial charge in [0.05, 0.1) is 23.5 Å². The van der Waals surface area contributed by atoms with E-state index in [1.807, 2.05) is 31.3 Å². The van der Waals surface area contributed by atoms with Crippen molar-refractivity contribution in [3.05, 3.63) is 46.2 Å². The average Bonchev–Trinajstić information content (AvgIpc) is 2.72. The molecule has 1 aromatic heterocycles. The van der Waals surface area contributed by atoms with E-state index >= 15 is 0 Å². The van der Waals surface area contributed by atoms with Gasteiger partial charge in [0.1, 0.15) is 6.07 Å². The number of anilines is 1. The highest BCUT2D eigenvalue weighted by molar-refractivity contribution is 9.10. The van der Waals surface area contributed by atoms with Crippen molar-refractivity contribution >= 4 is 21.6 Å². The summed E-state index contributed by atoms with van der Waals surface area (Å²) >= 11 is 3.36. The van der Waals surface area contributed by atoms with Gasteiger partial charge in [-0.2, -0.15) is 10.4 Å². The van der Waals surface area contributed by atoms with Gasteiger partial charge in [-0.1, -0.05) is 6.07 Å². The molecule has 1 aromatic carbocycles. The molecule has 1 heterocycles. The molecule has 0 atom stereocenters. The first kappa shape index (κ1) is 11.7. The van der Waals surface area contributed by atoms with Gasteiger partial charge in [0, 0.05) is 17.7 Å². The zero-order valence-corrected chi connectivity index (χ0v) is 10.9. The van der Waals surface area contributed by atoms with E-state index in [9.17, 15) is 0 Å². The highest BCUT2D eigenvalue weighted by Crippen LogP contribution is 2.24. The Balaban J connectivity index is 2.18. The van der Waals surface area contributed by atoms with Crippen molar-refractivity contribution in [3.63, 3.8) is 0 Å². The summed E-state index contributed by atoms with van der Waals surface area (Å²) in [7, 11) is 1.89. The Labute approximate surface area is 108 Å². The summed E-state index contributed by atoms with van der Waals surface area (Å²) in [4.78, 5) is 0. The molecule has 2 aromatic rings. The molecule has 0 spiro atoms. The van der Waals surface area contributed by atoms with Crippen LogP contribution in [0.2, 0.25) is 0 Å². The summed E-state index contributed by atoms with van der Waals surface area (Å²) in [6.07, 6.45) is 1.75. The second-order valence-electron chi connectivity index (χ2n) is 3.57. The molecular formula is C12H11BrN4. The molecule has 4 nitrogen and oxygen atoms in total. The molecule has 0 aliphatic heterocycles. The molecule has 0 aliphatic rings. The van der Waals surface area contributed by atoms with Crippen LogP contribution < -0.4 is 5.32 Å². The van der Waals surface area contributed by atoms with Crippen molar-refractivity contribution in [2.75, 3.05) is 5.32 Å². The van der Waals surface area contributed by atoms with Crippen LogP contribution in [0, 0.1) is 11.3 Å². The Bertz CT molecular complexity index is 568. The molecule has 86 valence electrons. The number of nitrogens with one attached hydrogen (secondary N) is 1. The molecule has 1 N–H and O–H groups in total. The Morgan fingerprint density at radius 1 is 1.47 bits per heavy atom. The van der Waals surface area contributed by atoms with Gasteiger partial charge in [0.15, 0.2) is 0 Å². The van der Waals surface area contributed by atoms with Crippen molar-refractivity contribution in [2.45, 2.75) is 6.54 Å². The summed E-state index contributed by atoms with van der Waals surface area (Å²) in [5.74, 6) is 0. The minimum Gasteiger partial charge on any atom is -0.378 e. The maximum Gasteiger partial charge on any atom is 0.103 e. The molecule has 17 heavy (non-hydrogen) atoms. The maximum atomic E-state index is 9.07. The average molecular weight is 291 g/mol. The molecule has 0 fully saturated rings. The third-order valence-electron chi connectivity index (χ3n) is 2.51. The van der Waals surface area contributed by atoms with E-state index in [4.69, 9.17) is 5.26 Å². The standard InChI is InChI=1S/C12H11BrN4/c1-17-9(5-6-16-17)8-15-12-4-2-3-11(13)10(12)7-14/h2-6,15H,8H2,1H3. The number of hydrogen-bond acceptors (Lipinski definition) is 3. The monoisotopic (exact) mass is 290 g/mol. The molecule has 0 unspecified atom stereocenters. The number of hydrogen-bond donors (Lipinski definition) is 1. The van der Waals surface area contributed by atoms with Crippen molar-refractivity contribution < 1.29 is 0 Å². The molecular weight excluding hydrogens is 280 g/mol. The van der Waals surface area contributed by atoms with Crippen LogP contribution in [-0.4, -0.2) is 9.78 Å². The highest BCUT2D eigenvalue weighted by atomic mass is 79.9. The number of nitriles is 1. The van der Waals surface area contributed by atoms with Crippen LogP contribution in [0.5, 0.6) is 0 Å². The lowest BCUT2D eigenvalue weighted by atomic mass is 10.2. The predicted molar refractivity (Wildman–Crippen MR) is 69.4 cm³/mol. The lowest BCUT2D eigenvalue weighted by Crippen LogP contribution is -2.06. The first-order valence-electron chi connectivity index (χ1n) is 5.11. The summed E-state index contributed by atoms with van der Waals surface area (Å²) < 4.78 is 2.60. The Hall–Kier alpha value is -1.80. The van der Waals surface area contributed by atoms with Crippen LogP contribution in [0.4, 0.5) is 5.69 Å². The lowest BCUT2D eigenvalue weighted by Gasteiger charge is -2.09. The molecule has 0 saturated heterocycles. The number of benzene rings is 1. The van der Waals surface area contributed by atoms with Gasteiger partial charge >= 0.3 is 0 Å². The molecule has 2 rings (SSSR count). The van der Waals surface area contributed by atoms with Crippen molar-refractivity contribution in [3.8, 4) is 6.07 Å². The zero-order valence-electron chi connectivity index (χ0n) is 9.31. The first-order chi connectivity index (χ1) is 8.22. The van der Waals surface area contributed by atoms with Gasteiger partial charge < -0.3 is 5.32 Å². The molecule has 0 bridgehead atoms. The largest absolute Gasteiger partial charge is 0.378 e. The summed E-state index contributed by atoms with van der Waals surface area (Å²) in [5.41, 5.74) is 2.51. The van der Waals surface area contributed by atoms with Gasteiger partial charge in [-0.05, 0) is 34.1 Å². The van der Waals surface area contributed by atoms with E-state index in [2.05, 4.69) is 32.4 Å².